The second-order valence-corrected chi connectivity index (χ2v) is 5.04. The Labute approximate surface area is 116 Å². The van der Waals surface area contributed by atoms with Crippen LogP contribution >= 0.6 is 23.8 Å². The standard InChI is InChI=1S/C12H15ClN2O2S/c1-3-12(2,11(14)18)15-10(17)8-5-4-7(13)6-9(8)16/h4-6,16H,3H2,1-2H3,(H2,14,18)(H,15,17). The van der Waals surface area contributed by atoms with E-state index in [1.54, 1.807) is 6.92 Å². The number of nitrogens with two attached hydrogens (primary N) is 1. The van der Waals surface area contributed by atoms with Gasteiger partial charge in [0.15, 0.2) is 0 Å². The first kappa shape index (κ1) is 14.7. The molecule has 1 aromatic carbocycles. The van der Waals surface area contributed by atoms with Crippen LogP contribution in [0, 0.1) is 0 Å². The molecule has 0 heterocycles. The molecule has 0 fully saturated rings. The Hall–Kier alpha value is -1.33. The third-order valence-electron chi connectivity index (χ3n) is 2.84. The maximum Gasteiger partial charge on any atom is 0.255 e. The minimum Gasteiger partial charge on any atom is -0.507 e. The van der Waals surface area contributed by atoms with Crippen LogP contribution in [-0.4, -0.2) is 21.5 Å². The lowest BCUT2D eigenvalue weighted by molar-refractivity contribution is 0.0924. The average molecular weight is 287 g/mol. The number of hydrogen-bond donors (Lipinski definition) is 3. The molecular weight excluding hydrogens is 272 g/mol. The number of aromatic hydroxyl groups is 1. The number of phenols is 1. The van der Waals surface area contributed by atoms with Crippen molar-refractivity contribution in [2.24, 2.45) is 5.73 Å². The van der Waals surface area contributed by atoms with Gasteiger partial charge in [-0.25, -0.2) is 0 Å². The Kier molecular flexibility index (Phi) is 4.53. The van der Waals surface area contributed by atoms with Gasteiger partial charge in [0, 0.05) is 5.02 Å². The van der Waals surface area contributed by atoms with Crippen LogP contribution in [0.5, 0.6) is 5.75 Å². The van der Waals surface area contributed by atoms with Gasteiger partial charge in [-0.05, 0) is 31.5 Å². The van der Waals surface area contributed by atoms with Gasteiger partial charge in [0.2, 0.25) is 0 Å². The van der Waals surface area contributed by atoms with Gasteiger partial charge in [-0.15, -0.1) is 0 Å². The number of phenolic OH excluding ortho intramolecular Hbond substituents is 1. The number of rotatable bonds is 4. The molecule has 1 rings (SSSR count). The Morgan fingerprint density at radius 3 is 2.67 bits per heavy atom. The van der Waals surface area contributed by atoms with Gasteiger partial charge in [-0.2, -0.15) is 0 Å². The van der Waals surface area contributed by atoms with E-state index < -0.39 is 11.4 Å². The van der Waals surface area contributed by atoms with Crippen LogP contribution in [0.2, 0.25) is 5.02 Å². The lowest BCUT2D eigenvalue weighted by Crippen LogP contribution is -2.54. The van der Waals surface area contributed by atoms with Gasteiger partial charge in [0.05, 0.1) is 16.1 Å². The summed E-state index contributed by atoms with van der Waals surface area (Å²) >= 11 is 10.6. The summed E-state index contributed by atoms with van der Waals surface area (Å²) in [5.41, 5.74) is 4.96. The second-order valence-electron chi connectivity index (χ2n) is 4.17. The predicted molar refractivity (Wildman–Crippen MR) is 76.1 cm³/mol. The summed E-state index contributed by atoms with van der Waals surface area (Å²) in [6, 6.07) is 4.28. The SMILES string of the molecule is CCC(C)(NC(=O)c1ccc(Cl)cc1O)C(N)=S. The summed E-state index contributed by atoms with van der Waals surface area (Å²) in [6.45, 7) is 3.60. The Balaban J connectivity index is 2.98. The van der Waals surface area contributed by atoms with Gasteiger partial charge in [-0.1, -0.05) is 30.7 Å². The molecule has 18 heavy (non-hydrogen) atoms. The first-order valence-corrected chi connectivity index (χ1v) is 6.19. The van der Waals surface area contributed by atoms with Crippen LogP contribution < -0.4 is 11.1 Å². The Morgan fingerprint density at radius 2 is 2.22 bits per heavy atom. The molecule has 0 aromatic heterocycles. The number of benzene rings is 1. The van der Waals surface area contributed by atoms with E-state index in [9.17, 15) is 9.90 Å². The molecule has 0 spiro atoms. The fraction of sp³-hybridized carbons (Fsp3) is 0.333. The third-order valence-corrected chi connectivity index (χ3v) is 3.53. The summed E-state index contributed by atoms with van der Waals surface area (Å²) in [5.74, 6) is -0.622. The minimum absolute atomic E-state index is 0.135. The highest BCUT2D eigenvalue weighted by Gasteiger charge is 2.28. The molecule has 98 valence electrons. The van der Waals surface area contributed by atoms with Gasteiger partial charge in [-0.3, -0.25) is 4.79 Å². The number of nitrogens with one attached hydrogen (secondary N) is 1. The van der Waals surface area contributed by atoms with Gasteiger partial charge < -0.3 is 16.2 Å². The van der Waals surface area contributed by atoms with Crippen LogP contribution in [0.1, 0.15) is 30.6 Å². The van der Waals surface area contributed by atoms with E-state index in [0.29, 0.717) is 11.4 Å². The number of carbonyl (C=O) groups excluding carboxylic acids is 1. The highest BCUT2D eigenvalue weighted by Crippen LogP contribution is 2.22. The molecule has 0 saturated carbocycles. The molecule has 0 aliphatic heterocycles. The zero-order valence-electron chi connectivity index (χ0n) is 10.2. The molecule has 1 unspecified atom stereocenters. The zero-order chi connectivity index (χ0) is 13.9. The predicted octanol–water partition coefficient (Wildman–Crippen LogP) is 2.23. The number of amides is 1. The largest absolute Gasteiger partial charge is 0.507 e. The van der Waals surface area contributed by atoms with Crippen molar-refractivity contribution in [1.29, 1.82) is 0 Å². The summed E-state index contributed by atoms with van der Waals surface area (Å²) in [6.07, 6.45) is 0.558. The van der Waals surface area contributed by atoms with Gasteiger partial charge in [0.1, 0.15) is 5.75 Å². The molecule has 6 heteroatoms. The zero-order valence-corrected chi connectivity index (χ0v) is 11.7. The Bertz CT molecular complexity index is 493. The second kappa shape index (κ2) is 5.54. The normalized spacial score (nSPS) is 13.7. The van der Waals surface area contributed by atoms with Crippen molar-refractivity contribution in [2.45, 2.75) is 25.8 Å². The quantitative estimate of drug-likeness (QED) is 0.742. The average Bonchev–Trinajstić information content (AvgIpc) is 2.28. The van der Waals surface area contributed by atoms with E-state index in [-0.39, 0.29) is 16.3 Å². The molecule has 0 aliphatic carbocycles. The smallest absolute Gasteiger partial charge is 0.255 e. The molecule has 1 atom stereocenters. The molecule has 4 nitrogen and oxygen atoms in total. The fourth-order valence-electron chi connectivity index (χ4n) is 1.34. The van der Waals surface area contributed by atoms with Crippen molar-refractivity contribution in [3.8, 4) is 5.75 Å². The van der Waals surface area contributed by atoms with E-state index in [1.807, 2.05) is 6.92 Å². The number of halogens is 1. The van der Waals surface area contributed by atoms with E-state index in [0.717, 1.165) is 0 Å². The van der Waals surface area contributed by atoms with Crippen LogP contribution in [0.15, 0.2) is 18.2 Å². The molecule has 1 aromatic rings. The lowest BCUT2D eigenvalue weighted by atomic mass is 9.98. The summed E-state index contributed by atoms with van der Waals surface area (Å²) in [5, 5.41) is 12.7. The van der Waals surface area contributed by atoms with E-state index in [4.69, 9.17) is 29.6 Å². The number of hydrogen-bond acceptors (Lipinski definition) is 3. The van der Waals surface area contributed by atoms with Crippen LogP contribution in [0.4, 0.5) is 0 Å². The van der Waals surface area contributed by atoms with Crippen molar-refractivity contribution >= 4 is 34.7 Å². The molecule has 1 amide bonds. The van der Waals surface area contributed by atoms with E-state index >= 15 is 0 Å². The topological polar surface area (TPSA) is 75.3 Å². The lowest BCUT2D eigenvalue weighted by Gasteiger charge is -2.28. The van der Waals surface area contributed by atoms with Crippen LogP contribution in [0.25, 0.3) is 0 Å². The molecule has 0 aliphatic rings. The summed E-state index contributed by atoms with van der Waals surface area (Å²) in [7, 11) is 0. The first-order valence-electron chi connectivity index (χ1n) is 5.41. The van der Waals surface area contributed by atoms with Crippen LogP contribution in [0.3, 0.4) is 0 Å². The van der Waals surface area contributed by atoms with Gasteiger partial charge >= 0.3 is 0 Å². The van der Waals surface area contributed by atoms with Crippen molar-refractivity contribution in [3.05, 3.63) is 28.8 Å². The minimum atomic E-state index is -0.779. The van der Waals surface area contributed by atoms with Crippen LogP contribution in [-0.2, 0) is 0 Å². The third kappa shape index (κ3) is 3.11. The highest BCUT2D eigenvalue weighted by atomic mass is 35.5. The summed E-state index contributed by atoms with van der Waals surface area (Å²) in [4.78, 5) is 12.2. The summed E-state index contributed by atoms with van der Waals surface area (Å²) < 4.78 is 0. The van der Waals surface area contributed by atoms with Crippen molar-refractivity contribution < 1.29 is 9.90 Å². The maximum atomic E-state index is 12.0. The molecule has 0 radical (unpaired) electrons. The van der Waals surface area contributed by atoms with Crippen molar-refractivity contribution in [3.63, 3.8) is 0 Å². The number of carbonyl (C=O) groups is 1. The van der Waals surface area contributed by atoms with Crippen molar-refractivity contribution in [2.75, 3.05) is 0 Å². The van der Waals surface area contributed by atoms with E-state index in [1.165, 1.54) is 18.2 Å². The van der Waals surface area contributed by atoms with Crippen molar-refractivity contribution in [1.82, 2.24) is 5.32 Å². The molecular formula is C12H15ClN2O2S. The molecule has 0 bridgehead atoms. The maximum absolute atomic E-state index is 12.0. The molecule has 4 N–H and O–H groups in total. The first-order chi connectivity index (χ1) is 8.30. The number of thiocarbonyl (C=S) groups is 1. The van der Waals surface area contributed by atoms with Gasteiger partial charge in [0.25, 0.3) is 5.91 Å². The van der Waals surface area contributed by atoms with E-state index in [2.05, 4.69) is 5.32 Å². The Morgan fingerprint density at radius 1 is 1.61 bits per heavy atom. The molecule has 0 saturated heterocycles. The fourth-order valence-corrected chi connectivity index (χ4v) is 1.70. The highest BCUT2D eigenvalue weighted by molar-refractivity contribution is 7.80. The monoisotopic (exact) mass is 286 g/mol.